The molecule has 0 bridgehead atoms. The Kier molecular flexibility index (Phi) is 9.71. The lowest BCUT2D eigenvalue weighted by atomic mass is 9.80. The first-order valence-corrected chi connectivity index (χ1v) is 14.3. The minimum absolute atomic E-state index is 0.0651. The molecule has 1 atom stereocenters. The van der Waals surface area contributed by atoms with Crippen LogP contribution in [0.15, 0.2) is 126 Å². The normalized spacial score (nSPS) is 14.8. The third kappa shape index (κ3) is 7.33. The van der Waals surface area contributed by atoms with Gasteiger partial charge in [-0.15, -0.1) is 0 Å². The largest absolute Gasteiger partial charge is 0.489 e. The van der Waals surface area contributed by atoms with Crippen LogP contribution in [0.3, 0.4) is 0 Å². The van der Waals surface area contributed by atoms with Crippen molar-refractivity contribution in [2.75, 3.05) is 13.7 Å². The first kappa shape index (κ1) is 30.1. The Balaban J connectivity index is 1.31. The number of aromatic nitrogens is 2. The van der Waals surface area contributed by atoms with Crippen molar-refractivity contribution in [1.82, 2.24) is 14.9 Å². The maximum Gasteiger partial charge on any atom is 0.337 e. The molecule has 0 aliphatic carbocycles. The Morgan fingerprint density at radius 2 is 1.66 bits per heavy atom. The maximum absolute atomic E-state index is 13.6. The zero-order valence-corrected chi connectivity index (χ0v) is 25.0. The number of dihydropyridines is 1. The summed E-state index contributed by atoms with van der Waals surface area (Å²) in [6.07, 6.45) is 9.17. The van der Waals surface area contributed by atoms with Gasteiger partial charge in [-0.3, -0.25) is 0 Å². The van der Waals surface area contributed by atoms with Crippen LogP contribution in [-0.4, -0.2) is 35.2 Å². The number of ether oxygens (including phenoxy) is 3. The molecule has 8 heteroatoms. The number of hydrogen-bond acceptors (Lipinski definition) is 7. The van der Waals surface area contributed by atoms with Crippen molar-refractivity contribution >= 4 is 18.0 Å². The average molecular weight is 590 g/mol. The number of rotatable bonds is 11. The predicted octanol–water partition coefficient (Wildman–Crippen LogP) is 6.17. The third-order valence-electron chi connectivity index (χ3n) is 7.35. The molecular weight excluding hydrogens is 554 g/mol. The van der Waals surface area contributed by atoms with E-state index in [4.69, 9.17) is 14.2 Å². The Morgan fingerprint density at radius 1 is 0.909 bits per heavy atom. The number of nitrogens with zero attached hydrogens (tertiary/aromatic N) is 2. The summed E-state index contributed by atoms with van der Waals surface area (Å²) in [5.74, 6) is -1.13. The second-order valence-electron chi connectivity index (χ2n) is 10.5. The summed E-state index contributed by atoms with van der Waals surface area (Å²) in [5.41, 5.74) is 5.80. The molecule has 2 heterocycles. The van der Waals surface area contributed by atoms with E-state index in [1.807, 2.05) is 83.6 Å². The number of carbonyl (C=O) groups excluding carboxylic acids is 2. The molecule has 0 radical (unpaired) electrons. The number of benzene rings is 3. The highest BCUT2D eigenvalue weighted by atomic mass is 16.5. The Labute approximate surface area is 257 Å². The molecule has 1 aromatic heterocycles. The van der Waals surface area contributed by atoms with Crippen molar-refractivity contribution in [1.29, 1.82) is 0 Å². The molecule has 0 fully saturated rings. The van der Waals surface area contributed by atoms with E-state index in [2.05, 4.69) is 22.4 Å². The molecule has 1 unspecified atom stereocenters. The van der Waals surface area contributed by atoms with Gasteiger partial charge in [-0.2, -0.15) is 0 Å². The monoisotopic (exact) mass is 589 g/mol. The minimum atomic E-state index is -0.705. The van der Waals surface area contributed by atoms with E-state index in [-0.39, 0.29) is 6.61 Å². The van der Waals surface area contributed by atoms with Crippen molar-refractivity contribution in [3.63, 3.8) is 0 Å². The molecule has 8 nitrogen and oxygen atoms in total. The van der Waals surface area contributed by atoms with Crippen LogP contribution < -0.4 is 10.1 Å². The van der Waals surface area contributed by atoms with E-state index in [1.54, 1.807) is 32.4 Å². The molecule has 224 valence electrons. The van der Waals surface area contributed by atoms with Gasteiger partial charge >= 0.3 is 11.9 Å². The van der Waals surface area contributed by atoms with Gasteiger partial charge in [-0.05, 0) is 54.3 Å². The maximum atomic E-state index is 13.6. The fraction of sp³-hybridized carbons (Fsp3) is 0.194. The fourth-order valence-electron chi connectivity index (χ4n) is 5.21. The van der Waals surface area contributed by atoms with Crippen molar-refractivity contribution in [2.24, 2.45) is 0 Å². The molecule has 0 spiro atoms. The minimum Gasteiger partial charge on any atom is -0.489 e. The van der Waals surface area contributed by atoms with Crippen LogP contribution in [0.1, 0.15) is 42.0 Å². The van der Waals surface area contributed by atoms with Crippen molar-refractivity contribution < 1.29 is 23.8 Å². The summed E-state index contributed by atoms with van der Waals surface area (Å²) in [6, 6.07) is 25.4. The summed E-state index contributed by atoms with van der Waals surface area (Å²) < 4.78 is 18.9. The second-order valence-corrected chi connectivity index (χ2v) is 10.5. The van der Waals surface area contributed by atoms with Gasteiger partial charge in [-0.25, -0.2) is 14.6 Å². The van der Waals surface area contributed by atoms with Crippen LogP contribution >= 0.6 is 0 Å². The number of nitrogens with one attached hydrogen (secondary N) is 1. The molecule has 3 aromatic carbocycles. The van der Waals surface area contributed by atoms with E-state index in [0.717, 1.165) is 28.8 Å². The summed E-state index contributed by atoms with van der Waals surface area (Å²) in [6.45, 7) is 4.80. The topological polar surface area (TPSA) is 91.7 Å². The molecule has 0 saturated carbocycles. The lowest BCUT2D eigenvalue weighted by molar-refractivity contribution is -0.138. The first-order chi connectivity index (χ1) is 21.4. The highest BCUT2D eigenvalue weighted by Crippen LogP contribution is 2.40. The van der Waals surface area contributed by atoms with Gasteiger partial charge in [0.2, 0.25) is 0 Å². The lowest BCUT2D eigenvalue weighted by Gasteiger charge is -2.30. The SMILES string of the molecule is COC(=O)C1=C(C)NC(C)=C(C(=O)OC/C=C/c2ccc(Cn3ccnc3)cc2)C1c1cccc(OCc2ccccc2)c1. The van der Waals surface area contributed by atoms with Gasteiger partial charge in [0.25, 0.3) is 0 Å². The molecular formula is C36H35N3O5. The number of imidazole rings is 1. The zero-order chi connectivity index (χ0) is 30.9. The molecule has 1 N–H and O–H groups in total. The fourth-order valence-corrected chi connectivity index (χ4v) is 5.21. The Hall–Kier alpha value is -5.37. The van der Waals surface area contributed by atoms with Crippen LogP contribution in [-0.2, 0) is 32.2 Å². The van der Waals surface area contributed by atoms with Gasteiger partial charge in [0.1, 0.15) is 19.0 Å². The van der Waals surface area contributed by atoms with Crippen molar-refractivity contribution in [3.05, 3.63) is 148 Å². The molecule has 0 amide bonds. The zero-order valence-electron chi connectivity index (χ0n) is 25.0. The summed E-state index contributed by atoms with van der Waals surface area (Å²) >= 11 is 0. The summed E-state index contributed by atoms with van der Waals surface area (Å²) in [4.78, 5) is 30.7. The van der Waals surface area contributed by atoms with E-state index in [9.17, 15) is 9.59 Å². The van der Waals surface area contributed by atoms with Gasteiger partial charge in [0, 0.05) is 30.3 Å². The number of hydrogen-bond donors (Lipinski definition) is 1. The second kappa shape index (κ2) is 14.2. The number of methoxy groups -OCH3 is 1. The van der Waals surface area contributed by atoms with Crippen LogP contribution in [0.2, 0.25) is 0 Å². The van der Waals surface area contributed by atoms with Crippen LogP contribution in [0.4, 0.5) is 0 Å². The quantitative estimate of drug-likeness (QED) is 0.209. The van der Waals surface area contributed by atoms with E-state index in [1.165, 1.54) is 7.11 Å². The summed E-state index contributed by atoms with van der Waals surface area (Å²) in [7, 11) is 1.33. The van der Waals surface area contributed by atoms with Gasteiger partial charge in [0.05, 0.1) is 30.5 Å². The molecule has 1 aliphatic heterocycles. The highest BCUT2D eigenvalue weighted by Gasteiger charge is 2.38. The van der Waals surface area contributed by atoms with E-state index < -0.39 is 17.9 Å². The molecule has 0 saturated heterocycles. The van der Waals surface area contributed by atoms with E-state index >= 15 is 0 Å². The molecule has 1 aliphatic rings. The van der Waals surface area contributed by atoms with Crippen LogP contribution in [0.25, 0.3) is 6.08 Å². The molecule has 44 heavy (non-hydrogen) atoms. The third-order valence-corrected chi connectivity index (χ3v) is 7.35. The van der Waals surface area contributed by atoms with Gasteiger partial charge in [0.15, 0.2) is 0 Å². The molecule has 5 rings (SSSR count). The Morgan fingerprint density at radius 3 is 2.36 bits per heavy atom. The predicted molar refractivity (Wildman–Crippen MR) is 168 cm³/mol. The number of carbonyl (C=O) groups is 2. The lowest BCUT2D eigenvalue weighted by Crippen LogP contribution is -2.32. The van der Waals surface area contributed by atoms with Gasteiger partial charge in [-0.1, -0.05) is 72.8 Å². The first-order valence-electron chi connectivity index (χ1n) is 14.3. The standard InChI is InChI=1S/C36H35N3O5/c1-25-32(35(40)42-3)34(30-12-7-13-31(21-30)44-23-29-9-5-4-6-10-29)33(26(2)38-25)36(41)43-20-8-11-27-14-16-28(17-15-27)22-39-19-18-37-24-39/h4-19,21,24,34,38H,20,22-23H2,1-3H3/b11-8+. The highest BCUT2D eigenvalue weighted by molar-refractivity contribution is 5.99. The van der Waals surface area contributed by atoms with Crippen molar-refractivity contribution in [2.45, 2.75) is 32.9 Å². The van der Waals surface area contributed by atoms with E-state index in [0.29, 0.717) is 34.9 Å². The van der Waals surface area contributed by atoms with Crippen LogP contribution in [0.5, 0.6) is 5.75 Å². The Bertz CT molecular complexity index is 1690. The van der Waals surface area contributed by atoms with Gasteiger partial charge < -0.3 is 24.1 Å². The molecule has 4 aromatic rings. The van der Waals surface area contributed by atoms with Crippen molar-refractivity contribution in [3.8, 4) is 5.75 Å². The van der Waals surface area contributed by atoms with Crippen LogP contribution in [0, 0.1) is 0 Å². The average Bonchev–Trinajstić information content (AvgIpc) is 3.56. The summed E-state index contributed by atoms with van der Waals surface area (Å²) in [5, 5.41) is 3.18. The number of esters is 2. The number of allylic oxidation sites excluding steroid dienone is 2. The smallest absolute Gasteiger partial charge is 0.337 e.